The van der Waals surface area contributed by atoms with Crippen LogP contribution in [0.25, 0.3) is 0 Å². The summed E-state index contributed by atoms with van der Waals surface area (Å²) in [6, 6.07) is 4.31. The molecule has 0 saturated carbocycles. The molecule has 0 spiro atoms. The number of rotatable bonds is 4. The maximum absolute atomic E-state index is 12.9. The lowest BCUT2D eigenvalue weighted by Crippen LogP contribution is -2.38. The summed E-state index contributed by atoms with van der Waals surface area (Å²) in [7, 11) is 0. The molecule has 3 heterocycles. The molecule has 1 fully saturated rings. The molecule has 1 saturated heterocycles. The minimum atomic E-state index is -1.06. The van der Waals surface area contributed by atoms with Crippen molar-refractivity contribution < 1.29 is 14.5 Å². The van der Waals surface area contributed by atoms with Crippen molar-refractivity contribution in [2.45, 2.75) is 38.5 Å². The van der Waals surface area contributed by atoms with Gasteiger partial charge in [0.1, 0.15) is 5.82 Å². The maximum Gasteiger partial charge on any atom is 0.274 e. The molecular formula is C20H22N6O5. The summed E-state index contributed by atoms with van der Waals surface area (Å²) < 4.78 is 0. The first-order valence-electron chi connectivity index (χ1n) is 10.1. The highest BCUT2D eigenvalue weighted by molar-refractivity contribution is 6.04. The zero-order chi connectivity index (χ0) is 22.1. The number of carbonyl (C=O) groups excluding carboxylic acids is 2. The summed E-state index contributed by atoms with van der Waals surface area (Å²) in [6.07, 6.45) is 2.87. The first kappa shape index (κ1) is 20.5. The Bertz CT molecular complexity index is 1120. The van der Waals surface area contributed by atoms with Gasteiger partial charge < -0.3 is 15.5 Å². The molecule has 0 aliphatic carbocycles. The average molecular weight is 426 g/mol. The minimum absolute atomic E-state index is 0.0793. The molecule has 11 heteroatoms. The lowest BCUT2D eigenvalue weighted by atomic mass is 9.92. The number of aryl methyl sites for hydroxylation is 1. The van der Waals surface area contributed by atoms with E-state index in [4.69, 9.17) is 0 Å². The van der Waals surface area contributed by atoms with E-state index in [0.717, 1.165) is 32.4 Å². The number of amides is 2. The van der Waals surface area contributed by atoms with Crippen molar-refractivity contribution in [1.82, 2.24) is 9.97 Å². The lowest BCUT2D eigenvalue weighted by molar-refractivity contribution is -0.385. The standard InChI is InChI=1S/C20H22N6O5/c1-11-5-6-12(9-14(11)26(30)31)21-18(28)13-10-15(27)22-17-16(13)19(29)24-20(23-17)25-7-3-2-4-8-25/h5-6,9,13H,2-4,7-8,10H2,1H3,(H,21,28)(H2,22,23,24,27,29)/t13-/m0/s1. The summed E-state index contributed by atoms with van der Waals surface area (Å²) in [6.45, 7) is 3.11. The molecule has 11 nitrogen and oxygen atoms in total. The molecule has 31 heavy (non-hydrogen) atoms. The van der Waals surface area contributed by atoms with E-state index in [1.165, 1.54) is 18.2 Å². The molecule has 0 bridgehead atoms. The van der Waals surface area contributed by atoms with Crippen LogP contribution >= 0.6 is 0 Å². The van der Waals surface area contributed by atoms with Gasteiger partial charge in [-0.3, -0.25) is 29.5 Å². The highest BCUT2D eigenvalue weighted by Gasteiger charge is 2.35. The number of aromatic nitrogens is 2. The number of anilines is 3. The van der Waals surface area contributed by atoms with Crippen molar-refractivity contribution in [1.29, 1.82) is 0 Å². The van der Waals surface area contributed by atoms with E-state index in [1.807, 2.05) is 4.90 Å². The van der Waals surface area contributed by atoms with Gasteiger partial charge in [0.2, 0.25) is 17.8 Å². The Kier molecular flexibility index (Phi) is 5.40. The Morgan fingerprint density at radius 2 is 2.00 bits per heavy atom. The number of carbonyl (C=O) groups is 2. The van der Waals surface area contributed by atoms with Crippen molar-refractivity contribution in [2.75, 3.05) is 28.6 Å². The van der Waals surface area contributed by atoms with Crippen LogP contribution < -0.4 is 21.1 Å². The monoisotopic (exact) mass is 426 g/mol. The van der Waals surface area contributed by atoms with Crippen LogP contribution in [0.5, 0.6) is 0 Å². The largest absolute Gasteiger partial charge is 0.342 e. The van der Waals surface area contributed by atoms with Crippen LogP contribution in [0.15, 0.2) is 23.0 Å². The highest BCUT2D eigenvalue weighted by Crippen LogP contribution is 2.31. The normalized spacial score (nSPS) is 18.2. The second-order valence-electron chi connectivity index (χ2n) is 7.75. The number of hydrogen-bond acceptors (Lipinski definition) is 7. The summed E-state index contributed by atoms with van der Waals surface area (Å²) in [5.41, 5.74) is 0.130. The van der Waals surface area contributed by atoms with E-state index >= 15 is 0 Å². The quantitative estimate of drug-likeness (QED) is 0.500. The van der Waals surface area contributed by atoms with Gasteiger partial charge in [-0.1, -0.05) is 6.07 Å². The third-order valence-corrected chi connectivity index (χ3v) is 5.58. The molecule has 3 N–H and O–H groups in total. The van der Waals surface area contributed by atoms with Gasteiger partial charge in [0.25, 0.3) is 11.2 Å². The Morgan fingerprint density at radius 3 is 2.71 bits per heavy atom. The summed E-state index contributed by atoms with van der Waals surface area (Å²) in [5.74, 6) is -1.64. The Labute approximate surface area is 177 Å². The van der Waals surface area contributed by atoms with Gasteiger partial charge in [-0.2, -0.15) is 4.98 Å². The maximum atomic E-state index is 12.9. The van der Waals surface area contributed by atoms with Crippen molar-refractivity contribution in [3.8, 4) is 0 Å². The smallest absolute Gasteiger partial charge is 0.274 e. The molecular weight excluding hydrogens is 404 g/mol. The van der Waals surface area contributed by atoms with Crippen molar-refractivity contribution in [3.05, 3.63) is 49.8 Å². The highest BCUT2D eigenvalue weighted by atomic mass is 16.6. The average Bonchev–Trinajstić information content (AvgIpc) is 2.74. The van der Waals surface area contributed by atoms with Crippen LogP contribution in [0, 0.1) is 17.0 Å². The first-order valence-corrected chi connectivity index (χ1v) is 10.1. The van der Waals surface area contributed by atoms with Crippen LogP contribution in [0.1, 0.15) is 42.7 Å². The SMILES string of the molecule is Cc1ccc(NC(=O)[C@H]2CC(=O)Nc3nc(N4CCCCC4)[nH]c(=O)c32)cc1[N+](=O)[O-]. The molecule has 162 valence electrons. The number of hydrogen-bond donors (Lipinski definition) is 3. The van der Waals surface area contributed by atoms with E-state index in [0.29, 0.717) is 11.5 Å². The van der Waals surface area contributed by atoms with Crippen LogP contribution in [-0.4, -0.2) is 39.8 Å². The van der Waals surface area contributed by atoms with Gasteiger partial charge in [0, 0.05) is 36.8 Å². The minimum Gasteiger partial charge on any atom is -0.342 e. The summed E-state index contributed by atoms with van der Waals surface area (Å²) in [4.78, 5) is 57.7. The summed E-state index contributed by atoms with van der Waals surface area (Å²) in [5, 5.41) is 16.3. The molecule has 1 atom stereocenters. The summed E-state index contributed by atoms with van der Waals surface area (Å²) >= 11 is 0. The number of nitro groups is 1. The Hall–Kier alpha value is -3.76. The molecule has 2 aromatic rings. The molecule has 0 unspecified atom stereocenters. The zero-order valence-corrected chi connectivity index (χ0v) is 16.9. The Morgan fingerprint density at radius 1 is 1.26 bits per heavy atom. The van der Waals surface area contributed by atoms with Crippen molar-refractivity contribution in [3.63, 3.8) is 0 Å². The Balaban J connectivity index is 1.64. The number of aromatic amines is 1. The second-order valence-corrected chi connectivity index (χ2v) is 7.75. The van der Waals surface area contributed by atoms with E-state index in [1.54, 1.807) is 6.92 Å². The third-order valence-electron chi connectivity index (χ3n) is 5.58. The predicted molar refractivity (Wildman–Crippen MR) is 113 cm³/mol. The number of benzene rings is 1. The number of nitro benzene ring substituents is 1. The van der Waals surface area contributed by atoms with Crippen LogP contribution in [0.4, 0.5) is 23.1 Å². The number of fused-ring (bicyclic) bond motifs is 1. The van der Waals surface area contributed by atoms with Gasteiger partial charge >= 0.3 is 0 Å². The molecule has 2 aliphatic rings. The molecule has 0 radical (unpaired) electrons. The number of piperidine rings is 1. The zero-order valence-electron chi connectivity index (χ0n) is 16.9. The van der Waals surface area contributed by atoms with E-state index in [9.17, 15) is 24.5 Å². The topological polar surface area (TPSA) is 150 Å². The predicted octanol–water partition coefficient (Wildman–Crippen LogP) is 2.04. The number of nitrogens with one attached hydrogen (secondary N) is 3. The number of nitrogens with zero attached hydrogens (tertiary/aromatic N) is 3. The van der Waals surface area contributed by atoms with Gasteiger partial charge in [0.15, 0.2) is 0 Å². The first-order chi connectivity index (χ1) is 14.8. The second kappa shape index (κ2) is 8.17. The van der Waals surface area contributed by atoms with Gasteiger partial charge in [0.05, 0.1) is 16.4 Å². The van der Waals surface area contributed by atoms with E-state index in [2.05, 4.69) is 20.6 Å². The van der Waals surface area contributed by atoms with Crippen LogP contribution in [0.3, 0.4) is 0 Å². The van der Waals surface area contributed by atoms with Crippen molar-refractivity contribution >= 4 is 35.0 Å². The molecule has 1 aromatic heterocycles. The van der Waals surface area contributed by atoms with E-state index < -0.39 is 28.2 Å². The third kappa shape index (κ3) is 4.11. The van der Waals surface area contributed by atoms with Gasteiger partial charge in [-0.05, 0) is 32.3 Å². The molecule has 4 rings (SSSR count). The lowest BCUT2D eigenvalue weighted by Gasteiger charge is -2.29. The van der Waals surface area contributed by atoms with Crippen LogP contribution in [-0.2, 0) is 9.59 Å². The fourth-order valence-corrected chi connectivity index (χ4v) is 3.95. The molecule has 1 aromatic carbocycles. The van der Waals surface area contributed by atoms with Crippen LogP contribution in [0.2, 0.25) is 0 Å². The molecule has 2 amide bonds. The number of H-pyrrole nitrogens is 1. The van der Waals surface area contributed by atoms with Crippen molar-refractivity contribution in [2.24, 2.45) is 0 Å². The van der Waals surface area contributed by atoms with Gasteiger partial charge in [-0.25, -0.2) is 0 Å². The fourth-order valence-electron chi connectivity index (χ4n) is 3.95. The van der Waals surface area contributed by atoms with E-state index in [-0.39, 0.29) is 29.2 Å². The fraction of sp³-hybridized carbons (Fsp3) is 0.400. The molecule has 2 aliphatic heterocycles. The van der Waals surface area contributed by atoms with Gasteiger partial charge in [-0.15, -0.1) is 0 Å².